The van der Waals surface area contributed by atoms with Gasteiger partial charge in [0.15, 0.2) is 0 Å². The van der Waals surface area contributed by atoms with Gasteiger partial charge in [0.2, 0.25) is 5.91 Å². The molecule has 142 valence electrons. The van der Waals surface area contributed by atoms with Gasteiger partial charge in [0.05, 0.1) is 19.2 Å². The molecule has 2 N–H and O–H groups in total. The lowest BCUT2D eigenvalue weighted by Crippen LogP contribution is -2.23. The van der Waals surface area contributed by atoms with Gasteiger partial charge in [0, 0.05) is 11.3 Å². The molecule has 1 atom stereocenters. The number of benzene rings is 2. The molecule has 7 heteroatoms. The molecule has 4 rings (SSSR count). The average Bonchev–Trinajstić information content (AvgIpc) is 3.16. The lowest BCUT2D eigenvalue weighted by Gasteiger charge is -2.10. The molecule has 0 spiro atoms. The third-order valence-corrected chi connectivity index (χ3v) is 4.72. The maximum atomic E-state index is 12.5. The number of nitrogens with one attached hydrogen (secondary N) is 2. The molecule has 28 heavy (non-hydrogen) atoms. The Kier molecular flexibility index (Phi) is 4.57. The van der Waals surface area contributed by atoms with Crippen LogP contribution in [0, 0.1) is 6.92 Å². The molecule has 2 aromatic carbocycles. The Morgan fingerprint density at radius 2 is 2.00 bits per heavy atom. The molecule has 2 heterocycles. The van der Waals surface area contributed by atoms with Crippen molar-refractivity contribution in [2.24, 2.45) is 0 Å². The van der Waals surface area contributed by atoms with Gasteiger partial charge in [-0.15, -0.1) is 0 Å². The third kappa shape index (κ3) is 3.22. The molecule has 3 aromatic rings. The quantitative estimate of drug-likeness (QED) is 0.715. The molecule has 1 unspecified atom stereocenters. The summed E-state index contributed by atoms with van der Waals surface area (Å²) in [6.45, 7) is 1.88. The number of carbonyl (C=O) groups excluding carboxylic acids is 2. The summed E-state index contributed by atoms with van der Waals surface area (Å²) >= 11 is 0. The van der Waals surface area contributed by atoms with Crippen molar-refractivity contribution < 1.29 is 14.3 Å². The second kappa shape index (κ2) is 7.19. The monoisotopic (exact) mass is 376 g/mol. The fraction of sp³-hybridized carbons (Fsp3) is 0.190. The van der Waals surface area contributed by atoms with Gasteiger partial charge in [-0.25, -0.2) is 4.68 Å². The Morgan fingerprint density at radius 1 is 1.21 bits per heavy atom. The first-order valence-corrected chi connectivity index (χ1v) is 8.96. The smallest absolute Gasteiger partial charge is 0.251 e. The highest BCUT2D eigenvalue weighted by Gasteiger charge is 2.36. The van der Waals surface area contributed by atoms with Gasteiger partial charge in [-0.2, -0.15) is 5.10 Å². The Labute approximate surface area is 162 Å². The van der Waals surface area contributed by atoms with Gasteiger partial charge in [0.1, 0.15) is 17.6 Å². The summed E-state index contributed by atoms with van der Waals surface area (Å²) in [5, 5.41) is 10.2. The minimum absolute atomic E-state index is 0.00635. The van der Waals surface area contributed by atoms with E-state index in [1.807, 2.05) is 49.4 Å². The van der Waals surface area contributed by atoms with Crippen molar-refractivity contribution in [1.82, 2.24) is 9.78 Å². The number of ether oxygens (including phenoxy) is 1. The summed E-state index contributed by atoms with van der Waals surface area (Å²) in [7, 11) is 1.61. The lowest BCUT2D eigenvalue weighted by atomic mass is 10.1. The van der Waals surface area contributed by atoms with Crippen LogP contribution in [-0.2, 0) is 9.59 Å². The summed E-state index contributed by atoms with van der Waals surface area (Å²) in [6.07, 6.45) is 0.00635. The summed E-state index contributed by atoms with van der Waals surface area (Å²) in [5.74, 6) is 0.846. The van der Waals surface area contributed by atoms with Crippen LogP contribution < -0.4 is 15.4 Å². The fourth-order valence-corrected chi connectivity index (χ4v) is 3.42. The fourth-order valence-electron chi connectivity index (χ4n) is 3.42. The number of aryl methyl sites for hydroxylation is 1. The van der Waals surface area contributed by atoms with Crippen LogP contribution in [-0.4, -0.2) is 28.7 Å². The van der Waals surface area contributed by atoms with Crippen LogP contribution in [0.15, 0.2) is 54.6 Å². The largest absolute Gasteiger partial charge is 0.497 e. The van der Waals surface area contributed by atoms with Gasteiger partial charge in [-0.1, -0.05) is 30.3 Å². The van der Waals surface area contributed by atoms with Crippen molar-refractivity contribution in [3.05, 3.63) is 60.3 Å². The van der Waals surface area contributed by atoms with Crippen molar-refractivity contribution in [1.29, 1.82) is 0 Å². The number of amides is 2. The highest BCUT2D eigenvalue weighted by atomic mass is 16.5. The Bertz CT molecular complexity index is 1040. The minimum atomic E-state index is -0.684. The SMILES string of the molecule is COc1cccc(-c2c(C)nn3c2NC(=O)C3CC(=O)Nc2ccccc2)c1. The molecule has 1 aliphatic heterocycles. The topological polar surface area (TPSA) is 85.2 Å². The van der Waals surface area contributed by atoms with Gasteiger partial charge < -0.3 is 15.4 Å². The molecule has 0 radical (unpaired) electrons. The van der Waals surface area contributed by atoms with Crippen LogP contribution in [0.5, 0.6) is 5.75 Å². The number of fused-ring (bicyclic) bond motifs is 1. The average molecular weight is 376 g/mol. The molecule has 0 aliphatic carbocycles. The number of anilines is 2. The number of nitrogens with zero attached hydrogens (tertiary/aromatic N) is 2. The van der Waals surface area contributed by atoms with Crippen molar-refractivity contribution in [2.45, 2.75) is 19.4 Å². The number of carbonyl (C=O) groups is 2. The van der Waals surface area contributed by atoms with E-state index < -0.39 is 6.04 Å². The first-order chi connectivity index (χ1) is 13.6. The predicted octanol–water partition coefficient (Wildman–Crippen LogP) is 3.39. The number of hydrogen-bond donors (Lipinski definition) is 2. The number of methoxy groups -OCH3 is 1. The molecule has 7 nitrogen and oxygen atoms in total. The van der Waals surface area contributed by atoms with Crippen molar-refractivity contribution >= 4 is 23.3 Å². The minimum Gasteiger partial charge on any atom is -0.497 e. The maximum Gasteiger partial charge on any atom is 0.251 e. The molecule has 0 saturated heterocycles. The van der Waals surface area contributed by atoms with E-state index in [2.05, 4.69) is 15.7 Å². The van der Waals surface area contributed by atoms with Crippen LogP contribution >= 0.6 is 0 Å². The Morgan fingerprint density at radius 3 is 2.75 bits per heavy atom. The number of hydrogen-bond acceptors (Lipinski definition) is 4. The molecule has 1 aromatic heterocycles. The zero-order valence-electron chi connectivity index (χ0n) is 15.6. The second-order valence-corrected chi connectivity index (χ2v) is 6.61. The molecule has 0 saturated carbocycles. The number of para-hydroxylation sites is 1. The zero-order chi connectivity index (χ0) is 19.7. The molecule has 0 bridgehead atoms. The van der Waals surface area contributed by atoms with Crippen molar-refractivity contribution in [2.75, 3.05) is 17.7 Å². The highest BCUT2D eigenvalue weighted by molar-refractivity contribution is 6.04. The predicted molar refractivity (Wildman–Crippen MR) is 106 cm³/mol. The number of rotatable bonds is 5. The summed E-state index contributed by atoms with van der Waals surface area (Å²) in [4.78, 5) is 24.9. The first kappa shape index (κ1) is 17.8. The van der Waals surface area contributed by atoms with Crippen LogP contribution in [0.2, 0.25) is 0 Å². The Hall–Kier alpha value is -3.61. The van der Waals surface area contributed by atoms with E-state index in [1.54, 1.807) is 23.9 Å². The summed E-state index contributed by atoms with van der Waals surface area (Å²) in [6, 6.07) is 16.1. The van der Waals surface area contributed by atoms with Gasteiger partial charge in [0.25, 0.3) is 5.91 Å². The standard InChI is InChI=1S/C21H20N4O3/c1-13-19(14-7-6-10-16(11-14)28-2)20-23-21(27)17(25(20)24-13)12-18(26)22-15-8-4-3-5-9-15/h3-11,17H,12H2,1-2H3,(H,22,26)(H,23,27). The van der Waals surface area contributed by atoms with Gasteiger partial charge in [-0.05, 0) is 36.8 Å². The normalized spacial score (nSPS) is 15.1. The number of aromatic nitrogens is 2. The highest BCUT2D eigenvalue weighted by Crippen LogP contribution is 2.39. The summed E-state index contributed by atoms with van der Waals surface area (Å²) in [5.41, 5.74) is 3.20. The van der Waals surface area contributed by atoms with E-state index in [-0.39, 0.29) is 18.2 Å². The zero-order valence-corrected chi connectivity index (χ0v) is 15.6. The van der Waals surface area contributed by atoms with Gasteiger partial charge in [-0.3, -0.25) is 9.59 Å². The van der Waals surface area contributed by atoms with Crippen molar-refractivity contribution in [3.63, 3.8) is 0 Å². The van der Waals surface area contributed by atoms with Crippen LogP contribution in [0.25, 0.3) is 11.1 Å². The second-order valence-electron chi connectivity index (χ2n) is 6.61. The van der Waals surface area contributed by atoms with E-state index >= 15 is 0 Å². The van der Waals surface area contributed by atoms with E-state index in [0.717, 1.165) is 22.6 Å². The molecule has 1 aliphatic rings. The van der Waals surface area contributed by atoms with Crippen molar-refractivity contribution in [3.8, 4) is 16.9 Å². The maximum absolute atomic E-state index is 12.5. The Balaban J connectivity index is 1.61. The van der Waals surface area contributed by atoms with Crippen LogP contribution in [0.1, 0.15) is 18.2 Å². The lowest BCUT2D eigenvalue weighted by molar-refractivity contribution is -0.123. The molecule has 2 amide bonds. The third-order valence-electron chi connectivity index (χ3n) is 4.72. The first-order valence-electron chi connectivity index (χ1n) is 8.96. The van der Waals surface area contributed by atoms with E-state index in [1.165, 1.54) is 0 Å². The molecular formula is C21H20N4O3. The molecular weight excluding hydrogens is 356 g/mol. The summed E-state index contributed by atoms with van der Waals surface area (Å²) < 4.78 is 6.90. The van der Waals surface area contributed by atoms with E-state index in [0.29, 0.717) is 11.5 Å². The van der Waals surface area contributed by atoms with E-state index in [4.69, 9.17) is 4.74 Å². The molecule has 0 fully saturated rings. The van der Waals surface area contributed by atoms with E-state index in [9.17, 15) is 9.59 Å². The van der Waals surface area contributed by atoms with Gasteiger partial charge >= 0.3 is 0 Å². The van der Waals surface area contributed by atoms with Crippen LogP contribution in [0.4, 0.5) is 11.5 Å². The van der Waals surface area contributed by atoms with Crippen LogP contribution in [0.3, 0.4) is 0 Å².